The molecule has 21 heavy (non-hydrogen) atoms. The summed E-state index contributed by atoms with van der Waals surface area (Å²) in [5.74, 6) is 0.625. The van der Waals surface area contributed by atoms with Gasteiger partial charge < -0.3 is 14.8 Å². The largest absolute Gasteiger partial charge is 0.496 e. The number of sulfone groups is 1. The molecule has 6 heteroatoms. The monoisotopic (exact) mass is 313 g/mol. The standard InChI is InChI=1S/C15H23NO4S/c1-19-7-8-21(17,18)11-13-9-12(3-6-15(13)20-2)10-16-14-4-5-14/h3,6,9,14,16H,4-5,7-8,10-11H2,1-2H3. The van der Waals surface area contributed by atoms with Crippen LogP contribution >= 0.6 is 0 Å². The molecule has 1 aliphatic rings. The lowest BCUT2D eigenvalue weighted by molar-refractivity contribution is 0.217. The summed E-state index contributed by atoms with van der Waals surface area (Å²) in [4.78, 5) is 0. The first-order valence-electron chi connectivity index (χ1n) is 7.12. The van der Waals surface area contributed by atoms with Crippen molar-refractivity contribution in [1.82, 2.24) is 5.32 Å². The van der Waals surface area contributed by atoms with Gasteiger partial charge in [0.25, 0.3) is 0 Å². The smallest absolute Gasteiger partial charge is 0.156 e. The normalized spacial score (nSPS) is 15.1. The molecule has 118 valence electrons. The zero-order valence-corrected chi connectivity index (χ0v) is 13.4. The van der Waals surface area contributed by atoms with Crippen LogP contribution in [0.25, 0.3) is 0 Å². The van der Waals surface area contributed by atoms with E-state index in [2.05, 4.69) is 5.32 Å². The third kappa shape index (κ3) is 5.30. The van der Waals surface area contributed by atoms with Gasteiger partial charge in [-0.1, -0.05) is 6.07 Å². The van der Waals surface area contributed by atoms with E-state index >= 15 is 0 Å². The fourth-order valence-corrected chi connectivity index (χ4v) is 3.39. The molecule has 0 aromatic heterocycles. The van der Waals surface area contributed by atoms with Gasteiger partial charge in [-0.15, -0.1) is 0 Å². The molecule has 1 aromatic carbocycles. The van der Waals surface area contributed by atoms with Gasteiger partial charge in [0, 0.05) is 25.3 Å². The Morgan fingerprint density at radius 3 is 2.67 bits per heavy atom. The van der Waals surface area contributed by atoms with Crippen molar-refractivity contribution in [2.24, 2.45) is 0 Å². The van der Waals surface area contributed by atoms with E-state index in [0.29, 0.717) is 17.4 Å². The Morgan fingerprint density at radius 2 is 2.05 bits per heavy atom. The van der Waals surface area contributed by atoms with Gasteiger partial charge in [-0.05, 0) is 30.5 Å². The van der Waals surface area contributed by atoms with Gasteiger partial charge in [0.1, 0.15) is 5.75 Å². The number of nitrogens with one attached hydrogen (secondary N) is 1. The van der Waals surface area contributed by atoms with Crippen molar-refractivity contribution in [3.8, 4) is 5.75 Å². The summed E-state index contributed by atoms with van der Waals surface area (Å²) in [6.07, 6.45) is 2.46. The summed E-state index contributed by atoms with van der Waals surface area (Å²) in [7, 11) is -0.132. The fraction of sp³-hybridized carbons (Fsp3) is 0.600. The Kier molecular flexibility index (Phi) is 5.61. The van der Waals surface area contributed by atoms with Gasteiger partial charge in [-0.3, -0.25) is 0 Å². The van der Waals surface area contributed by atoms with Crippen LogP contribution in [0.4, 0.5) is 0 Å². The minimum Gasteiger partial charge on any atom is -0.496 e. The van der Waals surface area contributed by atoms with Crippen LogP contribution in [-0.4, -0.2) is 41.0 Å². The number of rotatable bonds is 9. The molecular formula is C15H23NO4S. The molecule has 0 amide bonds. The predicted molar refractivity (Wildman–Crippen MR) is 82.2 cm³/mol. The molecule has 2 rings (SSSR count). The van der Waals surface area contributed by atoms with Crippen LogP contribution in [0.1, 0.15) is 24.0 Å². The van der Waals surface area contributed by atoms with E-state index < -0.39 is 9.84 Å². The van der Waals surface area contributed by atoms with Crippen molar-refractivity contribution in [3.63, 3.8) is 0 Å². The Balaban J connectivity index is 2.08. The third-order valence-corrected chi connectivity index (χ3v) is 5.03. The van der Waals surface area contributed by atoms with E-state index in [4.69, 9.17) is 9.47 Å². The molecule has 1 aliphatic carbocycles. The van der Waals surface area contributed by atoms with Crippen LogP contribution in [0.15, 0.2) is 18.2 Å². The van der Waals surface area contributed by atoms with Crippen LogP contribution < -0.4 is 10.1 Å². The summed E-state index contributed by atoms with van der Waals surface area (Å²) in [5, 5.41) is 3.42. The highest BCUT2D eigenvalue weighted by atomic mass is 32.2. The molecule has 0 radical (unpaired) electrons. The molecule has 0 spiro atoms. The van der Waals surface area contributed by atoms with Gasteiger partial charge in [0.05, 0.1) is 25.2 Å². The van der Waals surface area contributed by atoms with E-state index in [0.717, 1.165) is 12.1 Å². The molecule has 1 fully saturated rings. The quantitative estimate of drug-likeness (QED) is 0.748. The second-order valence-corrected chi connectivity index (χ2v) is 7.57. The molecule has 1 aromatic rings. The SMILES string of the molecule is COCCS(=O)(=O)Cc1cc(CNC2CC2)ccc1OC. The second kappa shape index (κ2) is 7.24. The third-order valence-electron chi connectivity index (χ3n) is 3.49. The van der Waals surface area contributed by atoms with E-state index in [1.165, 1.54) is 20.0 Å². The van der Waals surface area contributed by atoms with Crippen molar-refractivity contribution in [2.45, 2.75) is 31.2 Å². The average Bonchev–Trinajstić information content (AvgIpc) is 3.27. The molecule has 0 aliphatic heterocycles. The predicted octanol–water partition coefficient (Wildman–Crippen LogP) is 1.51. The van der Waals surface area contributed by atoms with Crippen LogP contribution in [0.2, 0.25) is 0 Å². The lowest BCUT2D eigenvalue weighted by Gasteiger charge is -2.12. The second-order valence-electron chi connectivity index (χ2n) is 5.39. The van der Waals surface area contributed by atoms with Crippen molar-refractivity contribution >= 4 is 9.84 Å². The van der Waals surface area contributed by atoms with Crippen molar-refractivity contribution in [2.75, 3.05) is 26.6 Å². The first-order valence-corrected chi connectivity index (χ1v) is 8.95. The molecule has 0 unspecified atom stereocenters. The van der Waals surface area contributed by atoms with Crippen molar-refractivity contribution in [1.29, 1.82) is 0 Å². The lowest BCUT2D eigenvalue weighted by atomic mass is 10.1. The number of hydrogen-bond acceptors (Lipinski definition) is 5. The lowest BCUT2D eigenvalue weighted by Crippen LogP contribution is -2.16. The molecular weight excluding hydrogens is 290 g/mol. The molecule has 5 nitrogen and oxygen atoms in total. The topological polar surface area (TPSA) is 64.6 Å². The highest BCUT2D eigenvalue weighted by molar-refractivity contribution is 7.90. The summed E-state index contributed by atoms with van der Waals surface area (Å²) in [5.41, 5.74) is 1.79. The number of methoxy groups -OCH3 is 2. The number of benzene rings is 1. The summed E-state index contributed by atoms with van der Waals surface area (Å²) < 4.78 is 34.2. The number of ether oxygens (including phenoxy) is 2. The Labute approximate surface area is 126 Å². The van der Waals surface area contributed by atoms with E-state index in [-0.39, 0.29) is 18.1 Å². The molecule has 1 saturated carbocycles. The van der Waals surface area contributed by atoms with E-state index in [1.807, 2.05) is 18.2 Å². The van der Waals surface area contributed by atoms with Gasteiger partial charge >= 0.3 is 0 Å². The first kappa shape index (κ1) is 16.3. The van der Waals surface area contributed by atoms with Gasteiger partial charge in [-0.2, -0.15) is 0 Å². The Hall–Kier alpha value is -1.11. The highest BCUT2D eigenvalue weighted by Gasteiger charge is 2.20. The summed E-state index contributed by atoms with van der Waals surface area (Å²) in [6.45, 7) is 0.980. The van der Waals surface area contributed by atoms with Crippen LogP contribution in [0.5, 0.6) is 5.75 Å². The molecule has 0 heterocycles. The maximum Gasteiger partial charge on any atom is 0.156 e. The molecule has 0 atom stereocenters. The van der Waals surface area contributed by atoms with Crippen LogP contribution in [-0.2, 0) is 26.9 Å². The minimum atomic E-state index is -3.19. The molecule has 0 saturated heterocycles. The maximum absolute atomic E-state index is 12.1. The Bertz CT molecular complexity index is 567. The summed E-state index contributed by atoms with van der Waals surface area (Å²) in [6, 6.07) is 6.35. The Morgan fingerprint density at radius 1 is 1.29 bits per heavy atom. The van der Waals surface area contributed by atoms with Crippen molar-refractivity contribution < 1.29 is 17.9 Å². The van der Waals surface area contributed by atoms with Crippen LogP contribution in [0.3, 0.4) is 0 Å². The number of hydrogen-bond donors (Lipinski definition) is 1. The van der Waals surface area contributed by atoms with Gasteiger partial charge in [-0.25, -0.2) is 8.42 Å². The zero-order chi connectivity index (χ0) is 15.3. The molecule has 0 bridgehead atoms. The van der Waals surface area contributed by atoms with Crippen molar-refractivity contribution in [3.05, 3.63) is 29.3 Å². The fourth-order valence-electron chi connectivity index (χ4n) is 2.12. The van der Waals surface area contributed by atoms with Gasteiger partial charge in [0.2, 0.25) is 0 Å². The highest BCUT2D eigenvalue weighted by Crippen LogP contribution is 2.24. The average molecular weight is 313 g/mol. The maximum atomic E-state index is 12.1. The first-order chi connectivity index (χ1) is 10.0. The van der Waals surface area contributed by atoms with Crippen LogP contribution in [0, 0.1) is 0 Å². The van der Waals surface area contributed by atoms with E-state index in [1.54, 1.807) is 7.11 Å². The van der Waals surface area contributed by atoms with Gasteiger partial charge in [0.15, 0.2) is 9.84 Å². The summed E-state index contributed by atoms with van der Waals surface area (Å²) >= 11 is 0. The minimum absolute atomic E-state index is 0.0171. The van der Waals surface area contributed by atoms with E-state index in [9.17, 15) is 8.42 Å². The molecule has 1 N–H and O–H groups in total. The zero-order valence-electron chi connectivity index (χ0n) is 12.6.